The first kappa shape index (κ1) is 11.6. The molecule has 3 heteroatoms. The van der Waals surface area contributed by atoms with E-state index in [-0.39, 0.29) is 11.3 Å². The van der Waals surface area contributed by atoms with E-state index in [2.05, 4.69) is 34.2 Å². The van der Waals surface area contributed by atoms with Crippen molar-refractivity contribution in [3.8, 4) is 0 Å². The van der Waals surface area contributed by atoms with Gasteiger partial charge >= 0.3 is 0 Å². The van der Waals surface area contributed by atoms with Gasteiger partial charge in [0.2, 0.25) is 5.91 Å². The molecule has 0 unspecified atom stereocenters. The van der Waals surface area contributed by atoms with Crippen molar-refractivity contribution in [2.75, 3.05) is 6.54 Å². The van der Waals surface area contributed by atoms with Crippen LogP contribution in [0.15, 0.2) is 28.7 Å². The molecule has 0 bridgehead atoms. The first-order valence-electron chi connectivity index (χ1n) is 5.73. The average molecular weight is 282 g/mol. The number of carbonyl (C=O) groups is 1. The van der Waals surface area contributed by atoms with Gasteiger partial charge in [-0.15, -0.1) is 0 Å². The Morgan fingerprint density at radius 1 is 1.50 bits per heavy atom. The standard InChI is InChI=1S/C13H16BrNO/c1-2-8-15-12(16)13(6-7-13)10-4-3-5-11(14)9-10/h3-5,9H,2,6-8H2,1H3,(H,15,16). The Hall–Kier alpha value is -0.830. The molecule has 2 rings (SSSR count). The summed E-state index contributed by atoms with van der Waals surface area (Å²) in [5.41, 5.74) is 0.898. The van der Waals surface area contributed by atoms with Gasteiger partial charge in [0.25, 0.3) is 0 Å². The van der Waals surface area contributed by atoms with E-state index < -0.39 is 0 Å². The fraction of sp³-hybridized carbons (Fsp3) is 0.462. The summed E-state index contributed by atoms with van der Waals surface area (Å²) >= 11 is 3.45. The quantitative estimate of drug-likeness (QED) is 0.903. The number of rotatable bonds is 4. The second-order valence-electron chi connectivity index (χ2n) is 4.35. The van der Waals surface area contributed by atoms with Crippen LogP contribution in [-0.2, 0) is 10.2 Å². The van der Waals surface area contributed by atoms with E-state index in [0.29, 0.717) is 0 Å². The molecule has 1 fully saturated rings. The summed E-state index contributed by atoms with van der Waals surface area (Å²) in [6, 6.07) is 8.08. The molecule has 1 N–H and O–H groups in total. The van der Waals surface area contributed by atoms with Gasteiger partial charge in [-0.05, 0) is 37.0 Å². The second kappa shape index (κ2) is 4.58. The molecular weight excluding hydrogens is 266 g/mol. The summed E-state index contributed by atoms with van der Waals surface area (Å²) in [6.07, 6.45) is 2.93. The second-order valence-corrected chi connectivity index (χ2v) is 5.26. The van der Waals surface area contributed by atoms with Gasteiger partial charge in [-0.2, -0.15) is 0 Å². The van der Waals surface area contributed by atoms with Crippen LogP contribution in [0.3, 0.4) is 0 Å². The Kier molecular flexibility index (Phi) is 3.33. The van der Waals surface area contributed by atoms with Crippen molar-refractivity contribution in [1.82, 2.24) is 5.32 Å². The molecule has 0 heterocycles. The van der Waals surface area contributed by atoms with Crippen LogP contribution >= 0.6 is 15.9 Å². The predicted molar refractivity (Wildman–Crippen MR) is 68.4 cm³/mol. The van der Waals surface area contributed by atoms with Crippen LogP contribution in [0.25, 0.3) is 0 Å². The summed E-state index contributed by atoms with van der Waals surface area (Å²) in [5, 5.41) is 3.00. The van der Waals surface area contributed by atoms with E-state index in [4.69, 9.17) is 0 Å². The molecular formula is C13H16BrNO. The molecule has 1 aliphatic rings. The fourth-order valence-corrected chi connectivity index (χ4v) is 2.36. The highest BCUT2D eigenvalue weighted by atomic mass is 79.9. The van der Waals surface area contributed by atoms with Gasteiger partial charge in [-0.1, -0.05) is 35.0 Å². The van der Waals surface area contributed by atoms with E-state index >= 15 is 0 Å². The maximum atomic E-state index is 12.1. The number of halogens is 1. The van der Waals surface area contributed by atoms with E-state index in [1.807, 2.05) is 18.2 Å². The minimum Gasteiger partial charge on any atom is -0.355 e. The fourth-order valence-electron chi connectivity index (χ4n) is 1.97. The third kappa shape index (κ3) is 2.14. The Labute approximate surface area is 105 Å². The average Bonchev–Trinajstić information content (AvgIpc) is 3.07. The van der Waals surface area contributed by atoms with E-state index in [9.17, 15) is 4.79 Å². The number of amides is 1. The van der Waals surface area contributed by atoms with Crippen molar-refractivity contribution >= 4 is 21.8 Å². The molecule has 1 amide bonds. The highest BCUT2D eigenvalue weighted by Crippen LogP contribution is 2.48. The number of nitrogens with one attached hydrogen (secondary N) is 1. The van der Waals surface area contributed by atoms with Gasteiger partial charge in [-0.25, -0.2) is 0 Å². The van der Waals surface area contributed by atoms with Crippen LogP contribution < -0.4 is 5.32 Å². The topological polar surface area (TPSA) is 29.1 Å². The molecule has 1 aromatic carbocycles. The summed E-state index contributed by atoms with van der Waals surface area (Å²) < 4.78 is 1.04. The zero-order valence-electron chi connectivity index (χ0n) is 9.42. The monoisotopic (exact) mass is 281 g/mol. The van der Waals surface area contributed by atoms with Gasteiger partial charge in [0, 0.05) is 11.0 Å². The lowest BCUT2D eigenvalue weighted by atomic mass is 9.95. The maximum absolute atomic E-state index is 12.1. The van der Waals surface area contributed by atoms with Crippen molar-refractivity contribution in [1.29, 1.82) is 0 Å². The number of carbonyl (C=O) groups excluding carboxylic acids is 1. The van der Waals surface area contributed by atoms with Crippen molar-refractivity contribution < 1.29 is 4.79 Å². The molecule has 0 aromatic heterocycles. The summed E-state index contributed by atoms with van der Waals surface area (Å²) in [6.45, 7) is 2.84. The van der Waals surface area contributed by atoms with Crippen LogP contribution in [0, 0.1) is 0 Å². The highest BCUT2D eigenvalue weighted by Gasteiger charge is 2.50. The lowest BCUT2D eigenvalue weighted by molar-refractivity contribution is -0.123. The predicted octanol–water partition coefficient (Wildman–Crippen LogP) is 3.01. The van der Waals surface area contributed by atoms with Crippen molar-refractivity contribution in [3.63, 3.8) is 0 Å². The van der Waals surface area contributed by atoms with Gasteiger partial charge in [-0.3, -0.25) is 4.79 Å². The Balaban J connectivity index is 2.16. The van der Waals surface area contributed by atoms with Crippen LogP contribution in [-0.4, -0.2) is 12.5 Å². The van der Waals surface area contributed by atoms with E-state index in [1.165, 1.54) is 0 Å². The molecule has 16 heavy (non-hydrogen) atoms. The highest BCUT2D eigenvalue weighted by molar-refractivity contribution is 9.10. The largest absolute Gasteiger partial charge is 0.355 e. The third-order valence-electron chi connectivity index (χ3n) is 3.10. The lowest BCUT2D eigenvalue weighted by Crippen LogP contribution is -2.35. The van der Waals surface area contributed by atoms with Gasteiger partial charge in [0.15, 0.2) is 0 Å². The van der Waals surface area contributed by atoms with Crippen molar-refractivity contribution in [3.05, 3.63) is 34.3 Å². The SMILES string of the molecule is CCCNC(=O)C1(c2cccc(Br)c2)CC1. The molecule has 0 spiro atoms. The molecule has 0 saturated heterocycles. The van der Waals surface area contributed by atoms with E-state index in [0.717, 1.165) is 35.8 Å². The molecule has 1 aliphatic carbocycles. The Morgan fingerprint density at radius 3 is 2.81 bits per heavy atom. The van der Waals surface area contributed by atoms with Gasteiger partial charge in [0.05, 0.1) is 5.41 Å². The smallest absolute Gasteiger partial charge is 0.230 e. The summed E-state index contributed by atoms with van der Waals surface area (Å²) in [4.78, 5) is 12.1. The Morgan fingerprint density at radius 2 is 2.25 bits per heavy atom. The molecule has 0 radical (unpaired) electrons. The van der Waals surface area contributed by atoms with Gasteiger partial charge in [0.1, 0.15) is 0 Å². The van der Waals surface area contributed by atoms with Crippen LogP contribution in [0.2, 0.25) is 0 Å². The number of hydrogen-bond acceptors (Lipinski definition) is 1. The normalized spacial score (nSPS) is 16.9. The minimum atomic E-state index is -0.237. The molecule has 0 atom stereocenters. The van der Waals surface area contributed by atoms with Crippen LogP contribution in [0.1, 0.15) is 31.7 Å². The summed E-state index contributed by atoms with van der Waals surface area (Å²) in [5.74, 6) is 0.187. The summed E-state index contributed by atoms with van der Waals surface area (Å²) in [7, 11) is 0. The maximum Gasteiger partial charge on any atom is 0.230 e. The Bertz CT molecular complexity index is 399. The molecule has 1 aromatic rings. The minimum absolute atomic E-state index is 0.187. The first-order valence-corrected chi connectivity index (χ1v) is 6.53. The van der Waals surface area contributed by atoms with Crippen LogP contribution in [0.5, 0.6) is 0 Å². The van der Waals surface area contributed by atoms with Gasteiger partial charge < -0.3 is 5.32 Å². The lowest BCUT2D eigenvalue weighted by Gasteiger charge is -2.15. The number of benzene rings is 1. The zero-order valence-corrected chi connectivity index (χ0v) is 11.0. The third-order valence-corrected chi connectivity index (χ3v) is 3.59. The number of hydrogen-bond donors (Lipinski definition) is 1. The van der Waals surface area contributed by atoms with Crippen molar-refractivity contribution in [2.24, 2.45) is 0 Å². The molecule has 1 saturated carbocycles. The van der Waals surface area contributed by atoms with E-state index in [1.54, 1.807) is 0 Å². The van der Waals surface area contributed by atoms with Crippen LogP contribution in [0.4, 0.5) is 0 Å². The first-order chi connectivity index (χ1) is 7.69. The zero-order chi connectivity index (χ0) is 11.6. The molecule has 2 nitrogen and oxygen atoms in total. The molecule has 86 valence electrons. The van der Waals surface area contributed by atoms with Crippen molar-refractivity contribution in [2.45, 2.75) is 31.6 Å². The molecule has 0 aliphatic heterocycles.